The molecule has 3 aromatic rings. The highest BCUT2D eigenvalue weighted by atomic mass is 35.5. The Bertz CT molecular complexity index is 1100. The van der Waals surface area contributed by atoms with Crippen molar-refractivity contribution in [1.82, 2.24) is 0 Å². The number of carbonyl (C=O) groups excluding carboxylic acids is 1. The standard InChI is InChI=1S/C20H16Cl2N2O3S/c1-24(28(26,27)17-5-3-2-4-6-17)16-10-7-14(8-11-16)20(25)23-19-13-15(21)9-12-18(19)22/h2-13H,1H3,(H,23,25). The maximum Gasteiger partial charge on any atom is 0.264 e. The topological polar surface area (TPSA) is 66.5 Å². The van der Waals surface area contributed by atoms with E-state index in [-0.39, 0.29) is 10.8 Å². The zero-order valence-corrected chi connectivity index (χ0v) is 17.1. The zero-order valence-electron chi connectivity index (χ0n) is 14.8. The van der Waals surface area contributed by atoms with Gasteiger partial charge in [-0.25, -0.2) is 8.42 Å². The van der Waals surface area contributed by atoms with Crippen LogP contribution in [-0.2, 0) is 10.0 Å². The predicted molar refractivity (Wildman–Crippen MR) is 113 cm³/mol. The molecule has 0 bridgehead atoms. The van der Waals surface area contributed by atoms with Crippen LogP contribution in [0.1, 0.15) is 10.4 Å². The minimum absolute atomic E-state index is 0.190. The number of nitrogens with one attached hydrogen (secondary N) is 1. The number of sulfonamides is 1. The van der Waals surface area contributed by atoms with E-state index < -0.39 is 10.0 Å². The molecule has 0 atom stereocenters. The van der Waals surface area contributed by atoms with Gasteiger partial charge in [0.25, 0.3) is 15.9 Å². The van der Waals surface area contributed by atoms with Gasteiger partial charge in [0.05, 0.1) is 21.3 Å². The molecular formula is C20H16Cl2N2O3S. The van der Waals surface area contributed by atoms with E-state index in [1.807, 2.05) is 0 Å². The summed E-state index contributed by atoms with van der Waals surface area (Å²) in [5.41, 5.74) is 1.18. The lowest BCUT2D eigenvalue weighted by Gasteiger charge is -2.19. The van der Waals surface area contributed by atoms with Gasteiger partial charge in [0, 0.05) is 17.6 Å². The lowest BCUT2D eigenvalue weighted by molar-refractivity contribution is 0.102. The smallest absolute Gasteiger partial charge is 0.264 e. The van der Waals surface area contributed by atoms with Crippen LogP contribution in [0.4, 0.5) is 11.4 Å². The van der Waals surface area contributed by atoms with Crippen molar-refractivity contribution in [3.63, 3.8) is 0 Å². The highest BCUT2D eigenvalue weighted by Gasteiger charge is 2.21. The molecular weight excluding hydrogens is 419 g/mol. The van der Waals surface area contributed by atoms with Crippen molar-refractivity contribution in [3.8, 4) is 0 Å². The number of rotatable bonds is 5. The second-order valence-electron chi connectivity index (χ2n) is 5.91. The average Bonchev–Trinajstić information content (AvgIpc) is 2.71. The van der Waals surface area contributed by atoms with E-state index in [4.69, 9.17) is 23.2 Å². The van der Waals surface area contributed by atoms with Gasteiger partial charge >= 0.3 is 0 Å². The van der Waals surface area contributed by atoms with E-state index >= 15 is 0 Å². The zero-order chi connectivity index (χ0) is 20.3. The Morgan fingerprint density at radius 1 is 0.929 bits per heavy atom. The summed E-state index contributed by atoms with van der Waals surface area (Å²) < 4.78 is 26.5. The molecule has 5 nitrogen and oxygen atoms in total. The molecule has 0 spiro atoms. The van der Waals surface area contributed by atoms with Crippen LogP contribution in [0.3, 0.4) is 0 Å². The Morgan fingerprint density at radius 3 is 2.21 bits per heavy atom. The maximum absolute atomic E-state index is 12.7. The van der Waals surface area contributed by atoms with E-state index in [9.17, 15) is 13.2 Å². The number of benzene rings is 3. The van der Waals surface area contributed by atoms with Gasteiger partial charge in [0.2, 0.25) is 0 Å². The van der Waals surface area contributed by atoms with Gasteiger partial charge < -0.3 is 5.32 Å². The molecule has 3 rings (SSSR count). The summed E-state index contributed by atoms with van der Waals surface area (Å²) in [5.74, 6) is -0.385. The summed E-state index contributed by atoms with van der Waals surface area (Å²) >= 11 is 12.0. The molecule has 0 fully saturated rings. The quantitative estimate of drug-likeness (QED) is 0.609. The van der Waals surface area contributed by atoms with Crippen molar-refractivity contribution < 1.29 is 13.2 Å². The molecule has 3 aromatic carbocycles. The molecule has 0 heterocycles. The van der Waals surface area contributed by atoms with Crippen molar-refractivity contribution >= 4 is 50.5 Å². The number of hydrogen-bond donors (Lipinski definition) is 1. The third kappa shape index (κ3) is 4.30. The van der Waals surface area contributed by atoms with E-state index in [0.717, 1.165) is 4.31 Å². The fourth-order valence-electron chi connectivity index (χ4n) is 2.50. The third-order valence-corrected chi connectivity index (χ3v) is 6.44. The van der Waals surface area contributed by atoms with Crippen LogP contribution in [0.5, 0.6) is 0 Å². The predicted octanol–water partition coefficient (Wildman–Crippen LogP) is 5.07. The van der Waals surface area contributed by atoms with Crippen LogP contribution in [0.15, 0.2) is 77.7 Å². The lowest BCUT2D eigenvalue weighted by Crippen LogP contribution is -2.26. The molecule has 0 radical (unpaired) electrons. The Hall–Kier alpha value is -2.54. The monoisotopic (exact) mass is 434 g/mol. The largest absolute Gasteiger partial charge is 0.321 e. The van der Waals surface area contributed by atoms with Crippen LogP contribution >= 0.6 is 23.2 Å². The number of anilines is 2. The van der Waals surface area contributed by atoms with E-state index in [1.165, 1.54) is 19.2 Å². The van der Waals surface area contributed by atoms with Gasteiger partial charge in [-0.3, -0.25) is 9.10 Å². The first kappa shape index (κ1) is 20.2. The minimum atomic E-state index is -3.68. The van der Waals surface area contributed by atoms with Crippen LogP contribution in [0.25, 0.3) is 0 Å². The summed E-state index contributed by atoms with van der Waals surface area (Å²) in [6, 6.07) is 19.1. The molecule has 1 amide bonds. The summed E-state index contributed by atoms with van der Waals surface area (Å²) in [5, 5.41) is 3.50. The fraction of sp³-hybridized carbons (Fsp3) is 0.0500. The average molecular weight is 435 g/mol. The molecule has 0 aliphatic carbocycles. The van der Waals surface area contributed by atoms with E-state index in [2.05, 4.69) is 5.32 Å². The third-order valence-electron chi connectivity index (χ3n) is 4.07. The molecule has 144 valence electrons. The minimum Gasteiger partial charge on any atom is -0.321 e. The first-order chi connectivity index (χ1) is 13.3. The van der Waals surface area contributed by atoms with Crippen LogP contribution in [0, 0.1) is 0 Å². The Labute approximate surface area is 173 Å². The summed E-state index contributed by atoms with van der Waals surface area (Å²) in [4.78, 5) is 12.6. The molecule has 0 aromatic heterocycles. The van der Waals surface area contributed by atoms with Crippen molar-refractivity contribution in [2.24, 2.45) is 0 Å². The normalized spacial score (nSPS) is 11.1. The number of nitrogens with zero attached hydrogens (tertiary/aromatic N) is 1. The number of halogens is 2. The van der Waals surface area contributed by atoms with Crippen molar-refractivity contribution in [1.29, 1.82) is 0 Å². The first-order valence-electron chi connectivity index (χ1n) is 8.19. The van der Waals surface area contributed by atoms with Crippen molar-refractivity contribution in [2.45, 2.75) is 4.90 Å². The molecule has 0 saturated carbocycles. The van der Waals surface area contributed by atoms with Gasteiger partial charge in [0.15, 0.2) is 0 Å². The molecule has 0 saturated heterocycles. The Balaban J connectivity index is 1.79. The number of carbonyl (C=O) groups is 1. The second kappa shape index (κ2) is 8.22. The fourth-order valence-corrected chi connectivity index (χ4v) is 4.05. The summed E-state index contributed by atoms with van der Waals surface area (Å²) in [6.07, 6.45) is 0. The van der Waals surface area contributed by atoms with Gasteiger partial charge in [-0.2, -0.15) is 0 Å². The van der Waals surface area contributed by atoms with Gasteiger partial charge in [-0.05, 0) is 54.6 Å². The van der Waals surface area contributed by atoms with Crippen molar-refractivity contribution in [2.75, 3.05) is 16.7 Å². The molecule has 1 N–H and O–H groups in total. The van der Waals surface area contributed by atoms with E-state index in [0.29, 0.717) is 27.0 Å². The van der Waals surface area contributed by atoms with Crippen LogP contribution < -0.4 is 9.62 Å². The first-order valence-corrected chi connectivity index (χ1v) is 10.4. The number of amides is 1. The second-order valence-corrected chi connectivity index (χ2v) is 8.72. The lowest BCUT2D eigenvalue weighted by atomic mass is 10.2. The van der Waals surface area contributed by atoms with Gasteiger partial charge in [-0.1, -0.05) is 41.4 Å². The van der Waals surface area contributed by atoms with Crippen LogP contribution in [-0.4, -0.2) is 21.4 Å². The Kier molecular flexibility index (Phi) is 5.93. The molecule has 0 aliphatic rings. The molecule has 0 unspecified atom stereocenters. The van der Waals surface area contributed by atoms with E-state index in [1.54, 1.807) is 60.7 Å². The Morgan fingerprint density at radius 2 is 1.57 bits per heavy atom. The van der Waals surface area contributed by atoms with Gasteiger partial charge in [0.1, 0.15) is 0 Å². The highest BCUT2D eigenvalue weighted by molar-refractivity contribution is 7.92. The highest BCUT2D eigenvalue weighted by Crippen LogP contribution is 2.26. The maximum atomic E-state index is 12.7. The summed E-state index contributed by atoms with van der Waals surface area (Å²) in [7, 11) is -2.22. The molecule has 0 aliphatic heterocycles. The van der Waals surface area contributed by atoms with Crippen molar-refractivity contribution in [3.05, 3.63) is 88.4 Å². The SMILES string of the molecule is CN(c1ccc(C(=O)Nc2cc(Cl)ccc2Cl)cc1)S(=O)(=O)c1ccccc1. The molecule has 8 heteroatoms. The molecule has 28 heavy (non-hydrogen) atoms. The summed E-state index contributed by atoms with van der Waals surface area (Å²) in [6.45, 7) is 0. The van der Waals surface area contributed by atoms with Gasteiger partial charge in [-0.15, -0.1) is 0 Å². The van der Waals surface area contributed by atoms with Crippen LogP contribution in [0.2, 0.25) is 10.0 Å². The number of hydrogen-bond acceptors (Lipinski definition) is 3.